The quantitative estimate of drug-likeness (QED) is 0.250. The van der Waals surface area contributed by atoms with Crippen LogP contribution >= 0.6 is 23.2 Å². The topological polar surface area (TPSA) is 96.3 Å². The van der Waals surface area contributed by atoms with E-state index in [1.165, 1.54) is 44.6 Å². The third-order valence-corrected chi connectivity index (χ3v) is 6.22. The molecular formula is C25H17Cl2F2NO6. The number of amides is 1. The molecule has 0 aliphatic carbocycles. The van der Waals surface area contributed by atoms with Gasteiger partial charge in [0.1, 0.15) is 28.2 Å². The number of hydrogen-bond donors (Lipinski definition) is 2. The maximum absolute atomic E-state index is 14.8. The normalized spacial score (nSPS) is 16.9. The van der Waals surface area contributed by atoms with Gasteiger partial charge >= 0.3 is 0 Å². The van der Waals surface area contributed by atoms with Crippen molar-refractivity contribution in [3.63, 3.8) is 0 Å². The van der Waals surface area contributed by atoms with Crippen LogP contribution in [0.15, 0.2) is 54.1 Å². The molecule has 0 bridgehead atoms. The Balaban J connectivity index is 2.06. The first-order valence-corrected chi connectivity index (χ1v) is 11.0. The predicted octanol–water partition coefficient (Wildman–Crippen LogP) is 5.62. The Morgan fingerprint density at radius 3 is 2.33 bits per heavy atom. The second kappa shape index (κ2) is 9.67. The van der Waals surface area contributed by atoms with Crippen LogP contribution in [0.3, 0.4) is 0 Å². The van der Waals surface area contributed by atoms with Gasteiger partial charge in [-0.25, -0.2) is 8.78 Å². The number of hydrogen-bond acceptors (Lipinski definition) is 6. The van der Waals surface area contributed by atoms with Crippen LogP contribution in [0.5, 0.6) is 17.2 Å². The Hall–Kier alpha value is -3.82. The van der Waals surface area contributed by atoms with E-state index in [9.17, 15) is 28.6 Å². The number of nitrogens with zero attached hydrogens (tertiary/aromatic N) is 1. The Labute approximate surface area is 213 Å². The van der Waals surface area contributed by atoms with Gasteiger partial charge in [0.2, 0.25) is 0 Å². The fourth-order valence-electron chi connectivity index (χ4n) is 4.05. The summed E-state index contributed by atoms with van der Waals surface area (Å²) in [5.74, 6) is -5.34. The number of ketones is 1. The molecule has 1 aliphatic heterocycles. The average Bonchev–Trinajstić information content (AvgIpc) is 3.10. The minimum atomic E-state index is -1.46. The summed E-state index contributed by atoms with van der Waals surface area (Å²) in [5.41, 5.74) is -1.06. The van der Waals surface area contributed by atoms with Crippen molar-refractivity contribution in [3.8, 4) is 17.2 Å². The van der Waals surface area contributed by atoms with E-state index in [0.717, 1.165) is 18.2 Å². The molecular weight excluding hydrogens is 519 g/mol. The van der Waals surface area contributed by atoms with E-state index >= 15 is 0 Å². The molecule has 0 radical (unpaired) electrons. The summed E-state index contributed by atoms with van der Waals surface area (Å²) in [4.78, 5) is 27.1. The summed E-state index contributed by atoms with van der Waals surface area (Å²) in [5, 5.41) is 21.2. The number of anilines is 1. The zero-order valence-corrected chi connectivity index (χ0v) is 20.2. The van der Waals surface area contributed by atoms with E-state index in [1.807, 2.05) is 0 Å². The van der Waals surface area contributed by atoms with Crippen molar-refractivity contribution >= 4 is 46.3 Å². The number of Topliss-reactive ketones (excluding diaryl/α,β-unsaturated/α-hetero) is 1. The predicted molar refractivity (Wildman–Crippen MR) is 129 cm³/mol. The highest BCUT2D eigenvalue weighted by Crippen LogP contribution is 2.48. The van der Waals surface area contributed by atoms with Crippen LogP contribution in [0.4, 0.5) is 14.5 Å². The van der Waals surface area contributed by atoms with Crippen LogP contribution in [0.1, 0.15) is 17.2 Å². The molecule has 1 fully saturated rings. The molecule has 4 rings (SSSR count). The second-order valence-electron chi connectivity index (χ2n) is 7.65. The summed E-state index contributed by atoms with van der Waals surface area (Å²) < 4.78 is 39.3. The van der Waals surface area contributed by atoms with Gasteiger partial charge < -0.3 is 19.7 Å². The van der Waals surface area contributed by atoms with E-state index in [2.05, 4.69) is 0 Å². The number of ether oxygens (including phenoxy) is 2. The molecule has 7 nitrogen and oxygen atoms in total. The number of halogens is 4. The number of benzene rings is 3. The van der Waals surface area contributed by atoms with Gasteiger partial charge in [-0.1, -0.05) is 35.3 Å². The molecule has 1 saturated heterocycles. The molecule has 3 aromatic rings. The third kappa shape index (κ3) is 4.10. The van der Waals surface area contributed by atoms with Crippen molar-refractivity contribution in [1.82, 2.24) is 0 Å². The van der Waals surface area contributed by atoms with Gasteiger partial charge in [0.25, 0.3) is 11.7 Å². The van der Waals surface area contributed by atoms with Gasteiger partial charge in [-0.2, -0.15) is 0 Å². The lowest BCUT2D eigenvalue weighted by Crippen LogP contribution is -2.30. The first-order chi connectivity index (χ1) is 17.1. The minimum Gasteiger partial charge on any atom is -0.508 e. The summed E-state index contributed by atoms with van der Waals surface area (Å²) in [6.07, 6.45) is 0. The van der Waals surface area contributed by atoms with E-state index in [1.54, 1.807) is 0 Å². The Morgan fingerprint density at radius 2 is 1.69 bits per heavy atom. The third-order valence-electron chi connectivity index (χ3n) is 5.59. The first-order valence-electron chi connectivity index (χ1n) is 10.3. The SMILES string of the molecule is COc1c(Cl)cc(/C(O)=C2\C(=O)C(=O)N(c3cc(F)ccc3F)C2c2cccc(O)c2)c(OC)c1Cl. The number of carbonyl (C=O) groups excluding carboxylic acids is 2. The number of aliphatic hydroxyl groups excluding tert-OH is 1. The molecule has 36 heavy (non-hydrogen) atoms. The monoisotopic (exact) mass is 535 g/mol. The lowest BCUT2D eigenvalue weighted by molar-refractivity contribution is -0.132. The summed E-state index contributed by atoms with van der Waals surface area (Å²) >= 11 is 12.5. The standard InChI is InChI=1S/C25H17Cl2F2NO6/c1-35-23-14(10-15(26)24(36-2)19(23)27)21(32)18-20(11-4-3-5-13(31)8-11)30(25(34)22(18)33)17-9-12(28)6-7-16(17)29/h3-10,20,31-32H,1-2H3/b21-18+. The number of phenols is 1. The van der Waals surface area contributed by atoms with Crippen LogP contribution in [0.2, 0.25) is 10.0 Å². The van der Waals surface area contributed by atoms with Gasteiger partial charge in [0.15, 0.2) is 11.5 Å². The molecule has 1 unspecified atom stereocenters. The minimum absolute atomic E-state index is 0.0378. The number of phenolic OH excluding ortho intramolecular Hbond substituents is 1. The number of rotatable bonds is 5. The van der Waals surface area contributed by atoms with Crippen LogP contribution in [0.25, 0.3) is 5.76 Å². The molecule has 2 N–H and O–H groups in total. The zero-order valence-electron chi connectivity index (χ0n) is 18.7. The van der Waals surface area contributed by atoms with E-state index in [4.69, 9.17) is 32.7 Å². The highest BCUT2D eigenvalue weighted by atomic mass is 35.5. The van der Waals surface area contributed by atoms with Gasteiger partial charge in [0, 0.05) is 6.07 Å². The number of carbonyl (C=O) groups is 2. The van der Waals surface area contributed by atoms with Crippen molar-refractivity contribution < 1.29 is 38.1 Å². The molecule has 0 saturated carbocycles. The van der Waals surface area contributed by atoms with Gasteiger partial charge in [-0.05, 0) is 35.9 Å². The molecule has 3 aromatic carbocycles. The van der Waals surface area contributed by atoms with Crippen molar-refractivity contribution in [2.45, 2.75) is 6.04 Å². The number of aromatic hydroxyl groups is 1. The molecule has 1 aliphatic rings. The van der Waals surface area contributed by atoms with Crippen LogP contribution in [0, 0.1) is 11.6 Å². The molecule has 1 heterocycles. The fourth-order valence-corrected chi connectivity index (χ4v) is 4.74. The lowest BCUT2D eigenvalue weighted by Gasteiger charge is -2.26. The van der Waals surface area contributed by atoms with E-state index < -0.39 is 46.4 Å². The highest BCUT2D eigenvalue weighted by molar-refractivity contribution is 6.52. The Bertz CT molecular complexity index is 1440. The first kappa shape index (κ1) is 25.3. The number of aliphatic hydroxyl groups is 1. The summed E-state index contributed by atoms with van der Waals surface area (Å²) in [7, 11) is 2.56. The van der Waals surface area contributed by atoms with Crippen LogP contribution in [-0.4, -0.2) is 36.1 Å². The molecule has 11 heteroatoms. The largest absolute Gasteiger partial charge is 0.508 e. The fraction of sp³-hybridized carbons (Fsp3) is 0.120. The smallest absolute Gasteiger partial charge is 0.300 e. The van der Waals surface area contributed by atoms with E-state index in [0.29, 0.717) is 4.90 Å². The summed E-state index contributed by atoms with van der Waals surface area (Å²) in [6, 6.07) is 7.59. The summed E-state index contributed by atoms with van der Waals surface area (Å²) in [6.45, 7) is 0. The van der Waals surface area contributed by atoms with Gasteiger partial charge in [-0.15, -0.1) is 0 Å². The van der Waals surface area contributed by atoms with Gasteiger partial charge in [-0.3, -0.25) is 14.5 Å². The Morgan fingerprint density at radius 1 is 1.00 bits per heavy atom. The highest BCUT2D eigenvalue weighted by Gasteiger charge is 2.48. The number of methoxy groups -OCH3 is 2. The van der Waals surface area contributed by atoms with Crippen molar-refractivity contribution in [2.24, 2.45) is 0 Å². The molecule has 186 valence electrons. The molecule has 1 atom stereocenters. The van der Waals surface area contributed by atoms with Gasteiger partial charge in [0.05, 0.1) is 42.1 Å². The van der Waals surface area contributed by atoms with Crippen LogP contribution in [-0.2, 0) is 9.59 Å². The van der Waals surface area contributed by atoms with Crippen LogP contribution < -0.4 is 14.4 Å². The van der Waals surface area contributed by atoms with Crippen molar-refractivity contribution in [2.75, 3.05) is 19.1 Å². The maximum atomic E-state index is 14.8. The van der Waals surface area contributed by atoms with Crippen molar-refractivity contribution in [1.29, 1.82) is 0 Å². The average molecular weight is 536 g/mol. The second-order valence-corrected chi connectivity index (χ2v) is 8.43. The Kier molecular flexibility index (Phi) is 6.79. The molecule has 0 spiro atoms. The lowest BCUT2D eigenvalue weighted by atomic mass is 9.94. The maximum Gasteiger partial charge on any atom is 0.300 e. The van der Waals surface area contributed by atoms with E-state index in [-0.39, 0.29) is 38.4 Å². The van der Waals surface area contributed by atoms with Crippen molar-refractivity contribution in [3.05, 3.63) is 86.9 Å². The molecule has 0 aromatic heterocycles. The molecule has 1 amide bonds. The zero-order chi connectivity index (χ0) is 26.3.